The number of hydrogen-bond acceptors (Lipinski definition) is 3. The van der Waals surface area contributed by atoms with Crippen molar-refractivity contribution in [2.24, 2.45) is 5.92 Å². The number of nitrogens with one attached hydrogen (secondary N) is 1. The first kappa shape index (κ1) is 11.9. The summed E-state index contributed by atoms with van der Waals surface area (Å²) in [6.07, 6.45) is 2.12. The Balaban J connectivity index is 2.47. The van der Waals surface area contributed by atoms with Gasteiger partial charge < -0.3 is 5.32 Å². The second-order valence-electron chi connectivity index (χ2n) is 3.63. The number of thioether (sulfide) groups is 1. The van der Waals surface area contributed by atoms with E-state index in [0.717, 1.165) is 18.0 Å². The van der Waals surface area contributed by atoms with Gasteiger partial charge >= 0.3 is 0 Å². The van der Waals surface area contributed by atoms with Gasteiger partial charge in [-0.15, -0.1) is 0 Å². The summed E-state index contributed by atoms with van der Waals surface area (Å²) >= 11 is 1.86. The zero-order valence-corrected chi connectivity index (χ0v) is 9.97. The third-order valence-corrected chi connectivity index (χ3v) is 3.00. The molecular formula is C12H16N2S. The van der Waals surface area contributed by atoms with Crippen molar-refractivity contribution in [1.82, 2.24) is 0 Å². The molecule has 0 spiro atoms. The molecule has 0 heterocycles. The van der Waals surface area contributed by atoms with Crippen LogP contribution in [0.25, 0.3) is 0 Å². The number of nitrogens with zero attached hydrogens (tertiary/aromatic N) is 1. The molecule has 1 rings (SSSR count). The van der Waals surface area contributed by atoms with Gasteiger partial charge in [-0.1, -0.05) is 13.0 Å². The Morgan fingerprint density at radius 2 is 2.33 bits per heavy atom. The number of rotatable bonds is 5. The largest absolute Gasteiger partial charge is 0.385 e. The van der Waals surface area contributed by atoms with Crippen LogP contribution in [0.5, 0.6) is 0 Å². The van der Waals surface area contributed by atoms with Crippen molar-refractivity contribution in [1.29, 1.82) is 5.26 Å². The molecule has 2 nitrogen and oxygen atoms in total. The first-order valence-electron chi connectivity index (χ1n) is 4.99. The summed E-state index contributed by atoms with van der Waals surface area (Å²) in [4.78, 5) is 0. The summed E-state index contributed by atoms with van der Waals surface area (Å²) in [5.74, 6) is 1.80. The highest BCUT2D eigenvalue weighted by atomic mass is 32.2. The fourth-order valence-electron chi connectivity index (χ4n) is 1.33. The van der Waals surface area contributed by atoms with E-state index < -0.39 is 0 Å². The molecule has 0 saturated carbocycles. The second kappa shape index (κ2) is 6.36. The van der Waals surface area contributed by atoms with Crippen LogP contribution >= 0.6 is 11.8 Å². The molecule has 1 aromatic rings. The monoisotopic (exact) mass is 220 g/mol. The molecule has 0 aliphatic heterocycles. The Bertz CT molecular complexity index is 344. The zero-order chi connectivity index (χ0) is 11.1. The molecule has 0 aromatic heterocycles. The molecule has 0 aliphatic rings. The van der Waals surface area contributed by atoms with Gasteiger partial charge in [-0.3, -0.25) is 0 Å². The maximum Gasteiger partial charge on any atom is 0.0992 e. The highest BCUT2D eigenvalue weighted by Gasteiger charge is 2.00. The second-order valence-corrected chi connectivity index (χ2v) is 4.54. The lowest BCUT2D eigenvalue weighted by Gasteiger charge is -2.12. The Morgan fingerprint density at radius 1 is 1.53 bits per heavy atom. The molecule has 80 valence electrons. The van der Waals surface area contributed by atoms with Gasteiger partial charge in [0.05, 0.1) is 11.6 Å². The van der Waals surface area contributed by atoms with Crippen LogP contribution in [-0.2, 0) is 0 Å². The van der Waals surface area contributed by atoms with Crippen molar-refractivity contribution in [3.63, 3.8) is 0 Å². The van der Waals surface area contributed by atoms with E-state index in [9.17, 15) is 0 Å². The minimum atomic E-state index is 0.644. The number of hydrogen-bond donors (Lipinski definition) is 1. The highest BCUT2D eigenvalue weighted by molar-refractivity contribution is 7.98. The van der Waals surface area contributed by atoms with E-state index >= 15 is 0 Å². The number of benzene rings is 1. The van der Waals surface area contributed by atoms with E-state index in [0.29, 0.717) is 11.5 Å². The van der Waals surface area contributed by atoms with Crippen LogP contribution < -0.4 is 5.32 Å². The molecular weight excluding hydrogens is 204 g/mol. The maximum atomic E-state index is 8.74. The van der Waals surface area contributed by atoms with Crippen molar-refractivity contribution in [3.05, 3.63) is 29.8 Å². The average molecular weight is 220 g/mol. The molecule has 0 bridgehead atoms. The Kier molecular flexibility index (Phi) is 5.06. The number of anilines is 1. The number of nitriles is 1. The van der Waals surface area contributed by atoms with Crippen molar-refractivity contribution in [2.45, 2.75) is 6.92 Å². The lowest BCUT2D eigenvalue weighted by molar-refractivity contribution is 0.701. The van der Waals surface area contributed by atoms with E-state index in [1.165, 1.54) is 0 Å². The topological polar surface area (TPSA) is 35.8 Å². The van der Waals surface area contributed by atoms with E-state index in [1.54, 1.807) is 0 Å². The first-order valence-corrected chi connectivity index (χ1v) is 6.38. The molecule has 1 aromatic carbocycles. The highest BCUT2D eigenvalue weighted by Crippen LogP contribution is 2.11. The summed E-state index contributed by atoms with van der Waals surface area (Å²) in [7, 11) is 0. The van der Waals surface area contributed by atoms with Crippen molar-refractivity contribution < 1.29 is 0 Å². The minimum Gasteiger partial charge on any atom is -0.385 e. The SMILES string of the molecule is CSCC(C)CNc1cccc(C#N)c1. The smallest absolute Gasteiger partial charge is 0.0992 e. The van der Waals surface area contributed by atoms with E-state index in [-0.39, 0.29) is 0 Å². The summed E-state index contributed by atoms with van der Waals surface area (Å²) < 4.78 is 0. The van der Waals surface area contributed by atoms with Crippen LogP contribution in [0.1, 0.15) is 12.5 Å². The maximum absolute atomic E-state index is 8.74. The van der Waals surface area contributed by atoms with Crippen LogP contribution in [0.15, 0.2) is 24.3 Å². The average Bonchev–Trinajstić information content (AvgIpc) is 2.27. The van der Waals surface area contributed by atoms with Crippen LogP contribution in [0.4, 0.5) is 5.69 Å². The van der Waals surface area contributed by atoms with Gasteiger partial charge in [-0.2, -0.15) is 17.0 Å². The minimum absolute atomic E-state index is 0.644. The molecule has 1 atom stereocenters. The third-order valence-electron chi connectivity index (χ3n) is 2.10. The Labute approximate surface area is 95.7 Å². The van der Waals surface area contributed by atoms with Gasteiger partial charge in [0.1, 0.15) is 0 Å². The molecule has 15 heavy (non-hydrogen) atoms. The van der Waals surface area contributed by atoms with Gasteiger partial charge in [-0.25, -0.2) is 0 Å². The van der Waals surface area contributed by atoms with E-state index in [1.807, 2.05) is 36.0 Å². The van der Waals surface area contributed by atoms with Crippen LogP contribution in [0.3, 0.4) is 0 Å². The van der Waals surface area contributed by atoms with Gasteiger partial charge in [-0.05, 0) is 36.1 Å². The summed E-state index contributed by atoms with van der Waals surface area (Å²) in [5.41, 5.74) is 1.74. The van der Waals surface area contributed by atoms with Gasteiger partial charge in [0.15, 0.2) is 0 Å². The van der Waals surface area contributed by atoms with E-state index in [4.69, 9.17) is 5.26 Å². The fourth-order valence-corrected chi connectivity index (χ4v) is 2.02. The Morgan fingerprint density at radius 3 is 3.00 bits per heavy atom. The van der Waals surface area contributed by atoms with Gasteiger partial charge in [0, 0.05) is 12.2 Å². The van der Waals surface area contributed by atoms with Crippen molar-refractivity contribution in [3.8, 4) is 6.07 Å². The molecule has 1 unspecified atom stereocenters. The predicted molar refractivity (Wildman–Crippen MR) is 67.2 cm³/mol. The zero-order valence-electron chi connectivity index (χ0n) is 9.16. The molecule has 0 saturated heterocycles. The molecule has 0 amide bonds. The van der Waals surface area contributed by atoms with E-state index in [2.05, 4.69) is 24.6 Å². The van der Waals surface area contributed by atoms with Crippen LogP contribution in [0, 0.1) is 17.2 Å². The van der Waals surface area contributed by atoms with Crippen molar-refractivity contribution in [2.75, 3.05) is 23.9 Å². The summed E-state index contributed by atoms with van der Waals surface area (Å²) in [6, 6.07) is 9.73. The summed E-state index contributed by atoms with van der Waals surface area (Å²) in [6.45, 7) is 3.17. The van der Waals surface area contributed by atoms with Crippen LogP contribution in [-0.4, -0.2) is 18.6 Å². The lowest BCUT2D eigenvalue weighted by atomic mass is 10.2. The molecule has 0 fully saturated rings. The van der Waals surface area contributed by atoms with Crippen molar-refractivity contribution >= 4 is 17.4 Å². The molecule has 1 N–H and O–H groups in total. The fraction of sp³-hybridized carbons (Fsp3) is 0.417. The molecule has 0 aliphatic carbocycles. The third kappa shape index (κ3) is 4.26. The normalized spacial score (nSPS) is 11.8. The molecule has 0 radical (unpaired) electrons. The lowest BCUT2D eigenvalue weighted by Crippen LogP contribution is -2.13. The first-order chi connectivity index (χ1) is 7.26. The summed E-state index contributed by atoms with van der Waals surface area (Å²) in [5, 5.41) is 12.1. The predicted octanol–water partition coefficient (Wildman–Crippen LogP) is 2.97. The van der Waals surface area contributed by atoms with Gasteiger partial charge in [0.25, 0.3) is 0 Å². The van der Waals surface area contributed by atoms with Crippen LogP contribution in [0.2, 0.25) is 0 Å². The standard InChI is InChI=1S/C12H16N2S/c1-10(9-15-2)8-14-12-5-3-4-11(6-12)7-13/h3-6,10,14H,8-9H2,1-2H3. The quantitative estimate of drug-likeness (QED) is 0.828. The Hall–Kier alpha value is -1.14. The van der Waals surface area contributed by atoms with Gasteiger partial charge in [0.2, 0.25) is 0 Å². The molecule has 3 heteroatoms.